The quantitative estimate of drug-likeness (QED) is 0.863. The number of para-hydroxylation sites is 2. The van der Waals surface area contributed by atoms with Crippen molar-refractivity contribution in [2.75, 3.05) is 23.3 Å². The molecule has 1 aliphatic carbocycles. The summed E-state index contributed by atoms with van der Waals surface area (Å²) in [7, 11) is 0. The fraction of sp³-hybridized carbons (Fsp3) is 0.650. The first-order valence-corrected chi connectivity index (χ1v) is 9.46. The topological polar surface area (TPSA) is 52.6 Å². The standard InChI is InChI=1S/C20H30N2O2/c1-15(14-16-6-2-3-7-16)20(24)21-18-8-4-5-9-19(18)22-12-10-17(23)11-13-22/h4-5,8-9,15-17,23H,2-3,6-7,10-14H2,1H3,(H,21,24). The van der Waals surface area contributed by atoms with Crippen molar-refractivity contribution in [2.24, 2.45) is 11.8 Å². The van der Waals surface area contributed by atoms with Crippen LogP contribution in [0, 0.1) is 11.8 Å². The van der Waals surface area contributed by atoms with Crippen molar-refractivity contribution in [2.45, 2.75) is 58.0 Å². The number of hydrogen-bond donors (Lipinski definition) is 2. The molecule has 1 aromatic carbocycles. The number of aliphatic hydroxyl groups excluding tert-OH is 1. The Balaban J connectivity index is 1.62. The number of carbonyl (C=O) groups is 1. The highest BCUT2D eigenvalue weighted by molar-refractivity contribution is 5.95. The number of nitrogens with one attached hydrogen (secondary N) is 1. The van der Waals surface area contributed by atoms with Gasteiger partial charge in [0.2, 0.25) is 5.91 Å². The highest BCUT2D eigenvalue weighted by atomic mass is 16.3. The number of benzene rings is 1. The second-order valence-electron chi connectivity index (χ2n) is 7.51. The van der Waals surface area contributed by atoms with E-state index in [0.717, 1.165) is 49.6 Å². The first-order chi connectivity index (χ1) is 11.6. The number of hydrogen-bond acceptors (Lipinski definition) is 3. The number of aliphatic hydroxyl groups is 1. The van der Waals surface area contributed by atoms with Crippen molar-refractivity contribution >= 4 is 17.3 Å². The highest BCUT2D eigenvalue weighted by Crippen LogP contribution is 2.32. The van der Waals surface area contributed by atoms with Gasteiger partial charge in [0.1, 0.15) is 0 Å². The average molecular weight is 330 g/mol. The van der Waals surface area contributed by atoms with E-state index in [-0.39, 0.29) is 17.9 Å². The van der Waals surface area contributed by atoms with Crippen molar-refractivity contribution in [1.29, 1.82) is 0 Å². The Morgan fingerprint density at radius 2 is 1.88 bits per heavy atom. The monoisotopic (exact) mass is 330 g/mol. The molecule has 24 heavy (non-hydrogen) atoms. The van der Waals surface area contributed by atoms with Gasteiger partial charge in [-0.2, -0.15) is 0 Å². The van der Waals surface area contributed by atoms with Crippen LogP contribution in [0.2, 0.25) is 0 Å². The molecule has 1 aliphatic heterocycles. The molecule has 0 radical (unpaired) electrons. The number of carbonyl (C=O) groups excluding carboxylic acids is 1. The smallest absolute Gasteiger partial charge is 0.227 e. The van der Waals surface area contributed by atoms with Crippen LogP contribution < -0.4 is 10.2 Å². The molecule has 0 spiro atoms. The van der Waals surface area contributed by atoms with E-state index < -0.39 is 0 Å². The van der Waals surface area contributed by atoms with Crippen molar-refractivity contribution in [3.8, 4) is 0 Å². The molecule has 0 bridgehead atoms. The van der Waals surface area contributed by atoms with Crippen LogP contribution >= 0.6 is 0 Å². The summed E-state index contributed by atoms with van der Waals surface area (Å²) < 4.78 is 0. The van der Waals surface area contributed by atoms with Gasteiger partial charge >= 0.3 is 0 Å². The molecule has 1 amide bonds. The zero-order valence-corrected chi connectivity index (χ0v) is 14.7. The van der Waals surface area contributed by atoms with E-state index in [1.54, 1.807) is 0 Å². The van der Waals surface area contributed by atoms with Crippen LogP contribution in [0.4, 0.5) is 11.4 Å². The maximum absolute atomic E-state index is 12.6. The minimum absolute atomic E-state index is 0.0596. The van der Waals surface area contributed by atoms with Crippen LogP contribution in [0.5, 0.6) is 0 Å². The molecular formula is C20H30N2O2. The fourth-order valence-electron chi connectivity index (χ4n) is 4.07. The van der Waals surface area contributed by atoms with Gasteiger partial charge in [0.05, 0.1) is 17.5 Å². The summed E-state index contributed by atoms with van der Waals surface area (Å²) in [6.45, 7) is 3.73. The molecule has 2 fully saturated rings. The van der Waals surface area contributed by atoms with Crippen LogP contribution in [0.15, 0.2) is 24.3 Å². The molecule has 2 aliphatic rings. The Bertz CT molecular complexity index is 546. The van der Waals surface area contributed by atoms with E-state index in [2.05, 4.69) is 16.3 Å². The van der Waals surface area contributed by atoms with E-state index in [1.807, 2.05) is 25.1 Å². The normalized spacial score (nSPS) is 21.0. The van der Waals surface area contributed by atoms with Crippen molar-refractivity contribution in [3.05, 3.63) is 24.3 Å². The lowest BCUT2D eigenvalue weighted by Gasteiger charge is -2.33. The van der Waals surface area contributed by atoms with E-state index in [4.69, 9.17) is 0 Å². The summed E-state index contributed by atoms with van der Waals surface area (Å²) in [6.07, 6.45) is 7.61. The van der Waals surface area contributed by atoms with Crippen molar-refractivity contribution in [1.82, 2.24) is 0 Å². The lowest BCUT2D eigenvalue weighted by Crippen LogP contribution is -2.36. The molecule has 1 atom stereocenters. The van der Waals surface area contributed by atoms with Gasteiger partial charge in [-0.25, -0.2) is 0 Å². The third-order valence-corrected chi connectivity index (χ3v) is 5.58. The van der Waals surface area contributed by atoms with Crippen LogP contribution in [0.25, 0.3) is 0 Å². The van der Waals surface area contributed by atoms with Gasteiger partial charge in [-0.3, -0.25) is 4.79 Å². The Hall–Kier alpha value is -1.55. The first kappa shape index (κ1) is 17.3. The fourth-order valence-corrected chi connectivity index (χ4v) is 4.07. The minimum atomic E-state index is -0.186. The Kier molecular flexibility index (Phi) is 5.77. The second-order valence-corrected chi connectivity index (χ2v) is 7.51. The van der Waals surface area contributed by atoms with Crippen LogP contribution in [-0.4, -0.2) is 30.2 Å². The molecule has 4 nitrogen and oxygen atoms in total. The number of amides is 1. The summed E-state index contributed by atoms with van der Waals surface area (Å²) in [5.74, 6) is 0.917. The lowest BCUT2D eigenvalue weighted by atomic mass is 9.94. The molecule has 1 unspecified atom stereocenters. The number of anilines is 2. The van der Waals surface area contributed by atoms with Crippen LogP contribution in [0.3, 0.4) is 0 Å². The van der Waals surface area contributed by atoms with E-state index in [9.17, 15) is 9.90 Å². The zero-order chi connectivity index (χ0) is 16.9. The average Bonchev–Trinajstić information content (AvgIpc) is 3.09. The predicted molar refractivity (Wildman–Crippen MR) is 98.3 cm³/mol. The molecule has 132 valence electrons. The predicted octanol–water partition coefficient (Wildman–Crippen LogP) is 3.80. The summed E-state index contributed by atoms with van der Waals surface area (Å²) in [5, 5.41) is 12.9. The SMILES string of the molecule is CC(CC1CCCC1)C(=O)Nc1ccccc1N1CCC(O)CC1. The first-order valence-electron chi connectivity index (χ1n) is 9.46. The highest BCUT2D eigenvalue weighted by Gasteiger charge is 2.24. The summed E-state index contributed by atoms with van der Waals surface area (Å²) in [4.78, 5) is 14.9. The molecule has 1 saturated carbocycles. The molecule has 0 aromatic heterocycles. The molecule has 1 heterocycles. The van der Waals surface area contributed by atoms with Gasteiger partial charge in [-0.15, -0.1) is 0 Å². The number of rotatable bonds is 5. The molecular weight excluding hydrogens is 300 g/mol. The number of nitrogens with zero attached hydrogens (tertiary/aromatic N) is 1. The third-order valence-electron chi connectivity index (χ3n) is 5.58. The lowest BCUT2D eigenvalue weighted by molar-refractivity contribution is -0.119. The van der Waals surface area contributed by atoms with E-state index >= 15 is 0 Å². The maximum Gasteiger partial charge on any atom is 0.227 e. The van der Waals surface area contributed by atoms with Gasteiger partial charge < -0.3 is 15.3 Å². The molecule has 3 rings (SSSR count). The van der Waals surface area contributed by atoms with Crippen LogP contribution in [0.1, 0.15) is 51.9 Å². The summed E-state index contributed by atoms with van der Waals surface area (Å²) in [5.41, 5.74) is 1.97. The third kappa shape index (κ3) is 4.29. The molecule has 1 saturated heterocycles. The Morgan fingerprint density at radius 3 is 2.58 bits per heavy atom. The van der Waals surface area contributed by atoms with Gasteiger partial charge in [0, 0.05) is 19.0 Å². The summed E-state index contributed by atoms with van der Waals surface area (Å²) >= 11 is 0. The van der Waals surface area contributed by atoms with Gasteiger partial charge in [0.25, 0.3) is 0 Å². The zero-order valence-electron chi connectivity index (χ0n) is 14.7. The van der Waals surface area contributed by atoms with E-state index in [0.29, 0.717) is 0 Å². The Labute approximate surface area is 145 Å². The van der Waals surface area contributed by atoms with Crippen molar-refractivity contribution in [3.63, 3.8) is 0 Å². The van der Waals surface area contributed by atoms with Crippen LogP contribution in [-0.2, 0) is 4.79 Å². The Morgan fingerprint density at radius 1 is 1.21 bits per heavy atom. The molecule has 2 N–H and O–H groups in total. The maximum atomic E-state index is 12.6. The molecule has 4 heteroatoms. The van der Waals surface area contributed by atoms with E-state index in [1.165, 1.54) is 25.7 Å². The van der Waals surface area contributed by atoms with Gasteiger partial charge in [0.15, 0.2) is 0 Å². The summed E-state index contributed by atoms with van der Waals surface area (Å²) in [6, 6.07) is 8.03. The van der Waals surface area contributed by atoms with Crippen molar-refractivity contribution < 1.29 is 9.90 Å². The molecule has 1 aromatic rings. The number of piperidine rings is 1. The largest absolute Gasteiger partial charge is 0.393 e. The van der Waals surface area contributed by atoms with Gasteiger partial charge in [-0.1, -0.05) is 44.7 Å². The second kappa shape index (κ2) is 8.02. The minimum Gasteiger partial charge on any atom is -0.393 e. The van der Waals surface area contributed by atoms with Gasteiger partial charge in [-0.05, 0) is 37.3 Å².